The maximum atomic E-state index is 13.1. The van der Waals surface area contributed by atoms with Crippen LogP contribution in [0.3, 0.4) is 0 Å². The van der Waals surface area contributed by atoms with Crippen molar-refractivity contribution in [2.75, 3.05) is 24.5 Å². The second kappa shape index (κ2) is 10.5. The number of piperidine rings is 1. The topological polar surface area (TPSA) is 23.6 Å². The Morgan fingerprint density at radius 1 is 1.15 bits per heavy atom. The number of likely N-dealkylation sites (tertiary alicyclic amines) is 1. The van der Waals surface area contributed by atoms with Crippen LogP contribution in [0.5, 0.6) is 0 Å². The summed E-state index contributed by atoms with van der Waals surface area (Å²) in [6, 6.07) is 8.26. The zero-order chi connectivity index (χ0) is 22.7. The summed E-state index contributed by atoms with van der Waals surface area (Å²) in [6.45, 7) is 6.10. The highest BCUT2D eigenvalue weighted by Gasteiger charge is 2.30. The summed E-state index contributed by atoms with van der Waals surface area (Å²) in [6.07, 6.45) is 2.37. The van der Waals surface area contributed by atoms with Crippen molar-refractivity contribution in [3.05, 3.63) is 66.1 Å². The molecule has 0 spiro atoms. The lowest BCUT2D eigenvalue weighted by Crippen LogP contribution is -2.49. The predicted molar refractivity (Wildman–Crippen MR) is 116 cm³/mol. The molecule has 0 aliphatic carbocycles. The molecule has 0 saturated carbocycles. The van der Waals surface area contributed by atoms with Gasteiger partial charge in [0.1, 0.15) is 0 Å². The summed E-state index contributed by atoms with van der Waals surface area (Å²) in [5.74, 6) is -0.546. The van der Waals surface area contributed by atoms with Crippen LogP contribution >= 0.6 is 12.4 Å². The first kappa shape index (κ1) is 15.1. The summed E-state index contributed by atoms with van der Waals surface area (Å²) >= 11 is 0. The molecule has 1 heterocycles. The van der Waals surface area contributed by atoms with E-state index in [-0.39, 0.29) is 48.0 Å². The largest absolute Gasteiger partial charge is 0.309 e. The van der Waals surface area contributed by atoms with Crippen molar-refractivity contribution in [3.8, 4) is 0 Å². The number of rotatable bonds is 6. The predicted octanol–water partition coefficient (Wildman–Crippen LogP) is 4.80. The van der Waals surface area contributed by atoms with E-state index in [1.165, 1.54) is 10.5 Å². The molecular formula is C23H31ClN2O. The highest BCUT2D eigenvalue weighted by Crippen LogP contribution is 2.25. The molecule has 1 aliphatic rings. The molecule has 1 fully saturated rings. The van der Waals surface area contributed by atoms with Gasteiger partial charge in [-0.3, -0.25) is 4.79 Å². The maximum Gasteiger partial charge on any atom is 0.229 e. The molecule has 27 heavy (non-hydrogen) atoms. The number of amides is 1. The quantitative estimate of drug-likeness (QED) is 0.705. The molecule has 0 aromatic heterocycles. The van der Waals surface area contributed by atoms with Gasteiger partial charge in [-0.15, -0.1) is 12.4 Å². The molecule has 0 radical (unpaired) electrons. The summed E-state index contributed by atoms with van der Waals surface area (Å²) in [7, 11) is 0. The van der Waals surface area contributed by atoms with Crippen LogP contribution in [0.15, 0.2) is 60.5 Å². The number of para-hydroxylation sites is 1. The van der Waals surface area contributed by atoms with Gasteiger partial charge >= 0.3 is 0 Å². The Bertz CT molecular complexity index is 905. The molecule has 3 nitrogen and oxygen atoms in total. The summed E-state index contributed by atoms with van der Waals surface area (Å²) in [4.78, 5) is 17.0. The smallest absolute Gasteiger partial charge is 0.229 e. The Morgan fingerprint density at radius 2 is 1.78 bits per heavy atom. The molecule has 1 amide bonds. The first-order valence-electron chi connectivity index (χ1n) is 11.9. The Labute approximate surface area is 176 Å². The fraction of sp³-hybridized carbons (Fsp3) is 0.435. The van der Waals surface area contributed by atoms with Crippen LogP contribution in [0.25, 0.3) is 0 Å². The SMILES string of the molecule is Cl.[2H]c1c([2H])c([2H])c(N(C(=O)C(C)C)C2CCN(CCc3ccccc3)CC2)c([2H])c1[2H]. The lowest BCUT2D eigenvalue weighted by atomic mass is 9.99. The second-order valence-electron chi connectivity index (χ2n) is 7.14. The summed E-state index contributed by atoms with van der Waals surface area (Å²) < 4.78 is 40.5. The minimum Gasteiger partial charge on any atom is -0.309 e. The Balaban J connectivity index is 0.00000363. The van der Waals surface area contributed by atoms with Crippen LogP contribution in [0.2, 0.25) is 0 Å². The minimum absolute atomic E-state index is 0. The van der Waals surface area contributed by atoms with Gasteiger partial charge in [-0.25, -0.2) is 0 Å². The van der Waals surface area contributed by atoms with Crippen molar-refractivity contribution in [2.24, 2.45) is 5.92 Å². The van der Waals surface area contributed by atoms with E-state index in [2.05, 4.69) is 17.0 Å². The van der Waals surface area contributed by atoms with Crippen LogP contribution in [-0.2, 0) is 11.2 Å². The molecule has 0 N–H and O–H groups in total. The number of hydrogen-bond donors (Lipinski definition) is 0. The normalized spacial score (nSPS) is 18.0. The van der Waals surface area contributed by atoms with Crippen molar-refractivity contribution < 1.29 is 11.6 Å². The van der Waals surface area contributed by atoms with Gasteiger partial charge in [0.15, 0.2) is 0 Å². The van der Waals surface area contributed by atoms with Gasteiger partial charge in [0.25, 0.3) is 0 Å². The highest BCUT2D eigenvalue weighted by atomic mass is 35.5. The van der Waals surface area contributed by atoms with E-state index >= 15 is 0 Å². The van der Waals surface area contributed by atoms with Gasteiger partial charge in [-0.05, 0) is 36.9 Å². The van der Waals surface area contributed by atoms with E-state index in [4.69, 9.17) is 6.85 Å². The molecule has 4 heteroatoms. The second-order valence-corrected chi connectivity index (χ2v) is 7.14. The van der Waals surface area contributed by atoms with Crippen molar-refractivity contribution in [3.63, 3.8) is 0 Å². The zero-order valence-electron chi connectivity index (χ0n) is 21.0. The Hall–Kier alpha value is -1.84. The molecule has 0 atom stereocenters. The first-order chi connectivity index (χ1) is 14.7. The standard InChI is InChI=1S/C23H30N2O.ClH/c1-19(2)23(26)25(21-11-7-4-8-12-21)22-14-17-24(18-15-22)16-13-20-9-5-3-6-10-20;/h3-12,19,22H,13-18H2,1-2H3;1H/i4D,7D,8D,11D,12D;. The van der Waals surface area contributed by atoms with E-state index < -0.39 is 18.1 Å². The molecule has 146 valence electrons. The van der Waals surface area contributed by atoms with E-state index in [0.29, 0.717) is 12.8 Å². The van der Waals surface area contributed by atoms with E-state index in [1.54, 1.807) is 13.8 Å². The summed E-state index contributed by atoms with van der Waals surface area (Å²) in [5.41, 5.74) is 1.30. The zero-order valence-corrected chi connectivity index (χ0v) is 16.8. The molecule has 2 aromatic carbocycles. The number of hydrogen-bond acceptors (Lipinski definition) is 2. The van der Waals surface area contributed by atoms with Crippen molar-refractivity contribution in [2.45, 2.75) is 39.2 Å². The van der Waals surface area contributed by atoms with Gasteiger partial charge in [-0.1, -0.05) is 62.3 Å². The number of carbonyl (C=O) groups excluding carboxylic acids is 1. The van der Waals surface area contributed by atoms with Gasteiger partial charge in [0.05, 0.1) is 6.85 Å². The molecule has 0 unspecified atom stereocenters. The molecule has 0 bridgehead atoms. The van der Waals surface area contributed by atoms with E-state index in [1.807, 2.05) is 18.2 Å². The number of carbonyl (C=O) groups is 1. The van der Waals surface area contributed by atoms with Gasteiger partial charge < -0.3 is 9.80 Å². The lowest BCUT2D eigenvalue weighted by Gasteiger charge is -2.39. The van der Waals surface area contributed by atoms with Crippen molar-refractivity contribution in [1.82, 2.24) is 4.90 Å². The van der Waals surface area contributed by atoms with Gasteiger partial charge in [0.2, 0.25) is 5.91 Å². The van der Waals surface area contributed by atoms with Crippen LogP contribution in [-0.4, -0.2) is 36.5 Å². The molecular weight excluding hydrogens is 356 g/mol. The van der Waals surface area contributed by atoms with Crippen molar-refractivity contribution >= 4 is 24.0 Å². The maximum absolute atomic E-state index is 13.1. The van der Waals surface area contributed by atoms with Crippen LogP contribution in [0, 0.1) is 5.92 Å². The third-order valence-electron chi connectivity index (χ3n) is 4.94. The highest BCUT2D eigenvalue weighted by molar-refractivity contribution is 5.95. The summed E-state index contributed by atoms with van der Waals surface area (Å²) in [5, 5.41) is 0. The van der Waals surface area contributed by atoms with Gasteiger partial charge in [-0.2, -0.15) is 0 Å². The Kier molecular flexibility index (Phi) is 5.87. The fourth-order valence-corrected chi connectivity index (χ4v) is 3.45. The van der Waals surface area contributed by atoms with Crippen LogP contribution in [0.1, 0.15) is 39.1 Å². The molecule has 2 aromatic rings. The average Bonchev–Trinajstić information content (AvgIpc) is 2.78. The van der Waals surface area contributed by atoms with Crippen LogP contribution in [0.4, 0.5) is 5.69 Å². The first-order valence-corrected chi connectivity index (χ1v) is 9.38. The average molecular weight is 392 g/mol. The lowest BCUT2D eigenvalue weighted by molar-refractivity contribution is -0.122. The monoisotopic (exact) mass is 391 g/mol. The third-order valence-corrected chi connectivity index (χ3v) is 4.94. The number of nitrogens with zero attached hydrogens (tertiary/aromatic N) is 2. The van der Waals surface area contributed by atoms with E-state index in [9.17, 15) is 4.79 Å². The van der Waals surface area contributed by atoms with Crippen LogP contribution < -0.4 is 4.90 Å². The fourth-order valence-electron chi connectivity index (χ4n) is 3.45. The number of halogens is 1. The van der Waals surface area contributed by atoms with Crippen molar-refractivity contribution in [1.29, 1.82) is 0 Å². The van der Waals surface area contributed by atoms with Gasteiger partial charge in [0, 0.05) is 37.3 Å². The third kappa shape index (κ3) is 5.82. The molecule has 3 rings (SSSR count). The molecule has 1 aliphatic heterocycles. The molecule has 1 saturated heterocycles. The number of anilines is 1. The number of benzene rings is 2. The Morgan fingerprint density at radius 3 is 2.37 bits per heavy atom. The minimum atomic E-state index is -0.438. The van der Waals surface area contributed by atoms with E-state index in [0.717, 1.165) is 26.1 Å².